The molecular formula is C20H25ClO. The van der Waals surface area contributed by atoms with Crippen molar-refractivity contribution >= 4 is 17.4 Å². The summed E-state index contributed by atoms with van der Waals surface area (Å²) in [4.78, 5) is 11.9. The first-order valence-corrected chi connectivity index (χ1v) is 9.05. The van der Waals surface area contributed by atoms with Crippen molar-refractivity contribution in [1.29, 1.82) is 0 Å². The van der Waals surface area contributed by atoms with E-state index in [0.717, 1.165) is 17.0 Å². The van der Waals surface area contributed by atoms with Gasteiger partial charge in [0.25, 0.3) is 0 Å². The smallest absolute Gasteiger partial charge is 0.156 e. The standard InChI is InChI=1S/C20H25ClO/c1-12-4-5-15-14-11-18(21)17-10-13(22)6-8-20(17,3)16(14)7-9-19(12,15)2/h10-11,14-16H,1,4-9H2,2-3H3. The molecular weight excluding hydrogens is 292 g/mol. The molecule has 0 saturated heterocycles. The van der Waals surface area contributed by atoms with Crippen LogP contribution in [0.2, 0.25) is 0 Å². The monoisotopic (exact) mass is 316 g/mol. The molecule has 5 atom stereocenters. The molecule has 5 unspecified atom stereocenters. The predicted octanol–water partition coefficient (Wildman–Crippen LogP) is 5.42. The van der Waals surface area contributed by atoms with E-state index in [0.29, 0.717) is 29.6 Å². The van der Waals surface area contributed by atoms with E-state index in [1.807, 2.05) is 6.08 Å². The summed E-state index contributed by atoms with van der Waals surface area (Å²) in [6.45, 7) is 9.14. The Kier molecular flexibility index (Phi) is 3.08. The lowest BCUT2D eigenvalue weighted by atomic mass is 9.49. The summed E-state index contributed by atoms with van der Waals surface area (Å²) in [6, 6.07) is 0. The molecule has 4 aliphatic carbocycles. The Bertz CT molecular complexity index is 628. The molecule has 0 N–H and O–H groups in total. The Hall–Kier alpha value is -0.820. The third kappa shape index (κ3) is 1.75. The van der Waals surface area contributed by atoms with Gasteiger partial charge >= 0.3 is 0 Å². The Morgan fingerprint density at radius 3 is 2.64 bits per heavy atom. The number of hydrogen-bond donors (Lipinski definition) is 0. The first-order valence-electron chi connectivity index (χ1n) is 8.67. The van der Waals surface area contributed by atoms with Crippen LogP contribution < -0.4 is 0 Å². The highest BCUT2D eigenvalue weighted by Crippen LogP contribution is 2.65. The topological polar surface area (TPSA) is 17.1 Å². The fourth-order valence-corrected chi connectivity index (χ4v) is 6.40. The van der Waals surface area contributed by atoms with Crippen LogP contribution in [0.15, 0.2) is 34.9 Å². The highest BCUT2D eigenvalue weighted by atomic mass is 35.5. The van der Waals surface area contributed by atoms with E-state index in [4.69, 9.17) is 11.6 Å². The quantitative estimate of drug-likeness (QED) is 0.545. The largest absolute Gasteiger partial charge is 0.295 e. The van der Waals surface area contributed by atoms with E-state index in [9.17, 15) is 4.79 Å². The number of allylic oxidation sites excluding steroid dienone is 5. The van der Waals surface area contributed by atoms with E-state index in [1.165, 1.54) is 31.3 Å². The first-order chi connectivity index (χ1) is 10.4. The zero-order valence-corrected chi connectivity index (χ0v) is 14.4. The van der Waals surface area contributed by atoms with Crippen molar-refractivity contribution in [3.63, 3.8) is 0 Å². The number of carbonyl (C=O) groups is 1. The minimum absolute atomic E-state index is 0.0929. The summed E-state index contributed by atoms with van der Waals surface area (Å²) in [5, 5.41) is 0.846. The number of hydrogen-bond acceptors (Lipinski definition) is 1. The minimum Gasteiger partial charge on any atom is -0.295 e. The summed E-state index contributed by atoms with van der Waals surface area (Å²) in [6.07, 6.45) is 10.7. The van der Waals surface area contributed by atoms with E-state index < -0.39 is 0 Å². The molecule has 0 heterocycles. The number of rotatable bonds is 0. The van der Waals surface area contributed by atoms with Crippen LogP contribution in [-0.2, 0) is 4.79 Å². The molecule has 2 fully saturated rings. The van der Waals surface area contributed by atoms with E-state index in [2.05, 4.69) is 26.5 Å². The minimum atomic E-state index is 0.0929. The van der Waals surface area contributed by atoms with Crippen LogP contribution in [-0.4, -0.2) is 5.78 Å². The fraction of sp³-hybridized carbons (Fsp3) is 0.650. The lowest BCUT2D eigenvalue weighted by molar-refractivity contribution is -0.116. The highest BCUT2D eigenvalue weighted by molar-refractivity contribution is 6.32. The van der Waals surface area contributed by atoms with Crippen molar-refractivity contribution in [3.8, 4) is 0 Å². The molecule has 0 amide bonds. The van der Waals surface area contributed by atoms with E-state index >= 15 is 0 Å². The van der Waals surface area contributed by atoms with Gasteiger partial charge < -0.3 is 0 Å². The summed E-state index contributed by atoms with van der Waals surface area (Å²) >= 11 is 6.66. The zero-order chi connectivity index (χ0) is 15.7. The Morgan fingerprint density at radius 1 is 1.14 bits per heavy atom. The van der Waals surface area contributed by atoms with Gasteiger partial charge in [0.1, 0.15) is 0 Å². The molecule has 0 aromatic rings. The fourth-order valence-electron chi connectivity index (χ4n) is 5.98. The van der Waals surface area contributed by atoms with E-state index in [-0.39, 0.29) is 11.2 Å². The van der Waals surface area contributed by atoms with Crippen molar-refractivity contribution in [3.05, 3.63) is 34.9 Å². The van der Waals surface area contributed by atoms with Gasteiger partial charge in [-0.1, -0.05) is 43.7 Å². The Balaban J connectivity index is 1.82. The van der Waals surface area contributed by atoms with Gasteiger partial charge in [-0.15, -0.1) is 0 Å². The van der Waals surface area contributed by atoms with Gasteiger partial charge in [-0.05, 0) is 72.3 Å². The predicted molar refractivity (Wildman–Crippen MR) is 90.6 cm³/mol. The molecule has 118 valence electrons. The van der Waals surface area contributed by atoms with Crippen LogP contribution in [0.1, 0.15) is 52.4 Å². The van der Waals surface area contributed by atoms with Crippen molar-refractivity contribution in [2.45, 2.75) is 52.4 Å². The molecule has 22 heavy (non-hydrogen) atoms. The average molecular weight is 317 g/mol. The number of ketones is 1. The Labute approximate surface area is 138 Å². The molecule has 0 aliphatic heterocycles. The van der Waals surface area contributed by atoms with Crippen LogP contribution in [0.4, 0.5) is 0 Å². The van der Waals surface area contributed by atoms with Crippen LogP contribution in [0.3, 0.4) is 0 Å². The third-order valence-corrected chi connectivity index (χ3v) is 7.84. The molecule has 2 heteroatoms. The zero-order valence-electron chi connectivity index (χ0n) is 13.6. The summed E-state index contributed by atoms with van der Waals surface area (Å²) in [5.74, 6) is 2.12. The maximum atomic E-state index is 11.9. The average Bonchev–Trinajstić information content (AvgIpc) is 2.77. The van der Waals surface area contributed by atoms with Crippen molar-refractivity contribution in [2.24, 2.45) is 28.6 Å². The Morgan fingerprint density at radius 2 is 1.86 bits per heavy atom. The normalized spacial score (nSPS) is 47.3. The lowest BCUT2D eigenvalue weighted by Crippen LogP contribution is -2.48. The SMILES string of the molecule is C=C1CCC2C3C=C(Cl)C4=CC(=O)CCC4(C)C3CCC12C. The van der Waals surface area contributed by atoms with Gasteiger partial charge in [0.05, 0.1) is 0 Å². The molecule has 4 aliphatic rings. The van der Waals surface area contributed by atoms with Gasteiger partial charge in [-0.2, -0.15) is 0 Å². The van der Waals surface area contributed by atoms with Gasteiger partial charge in [0, 0.05) is 11.5 Å². The highest BCUT2D eigenvalue weighted by Gasteiger charge is 2.57. The summed E-state index contributed by atoms with van der Waals surface area (Å²) in [5.41, 5.74) is 2.96. The maximum absolute atomic E-state index is 11.9. The number of halogens is 1. The van der Waals surface area contributed by atoms with Crippen LogP contribution in [0.5, 0.6) is 0 Å². The molecule has 0 aromatic heterocycles. The van der Waals surface area contributed by atoms with Gasteiger partial charge in [0.2, 0.25) is 0 Å². The molecule has 4 rings (SSSR count). The van der Waals surface area contributed by atoms with Crippen LogP contribution >= 0.6 is 11.6 Å². The van der Waals surface area contributed by atoms with Crippen molar-refractivity contribution in [1.82, 2.24) is 0 Å². The lowest BCUT2D eigenvalue weighted by Gasteiger charge is -2.55. The number of carbonyl (C=O) groups excluding carboxylic acids is 1. The third-order valence-electron chi connectivity index (χ3n) is 7.51. The van der Waals surface area contributed by atoms with Gasteiger partial charge in [-0.3, -0.25) is 4.79 Å². The van der Waals surface area contributed by atoms with Crippen LogP contribution in [0.25, 0.3) is 0 Å². The van der Waals surface area contributed by atoms with Gasteiger partial charge in [-0.25, -0.2) is 0 Å². The summed E-state index contributed by atoms with van der Waals surface area (Å²) < 4.78 is 0. The second-order valence-electron chi connectivity index (χ2n) is 8.35. The first kappa shape index (κ1) is 14.8. The van der Waals surface area contributed by atoms with Crippen LogP contribution in [0, 0.1) is 28.6 Å². The second kappa shape index (κ2) is 4.60. The van der Waals surface area contributed by atoms with Crippen molar-refractivity contribution < 1.29 is 4.79 Å². The summed E-state index contributed by atoms with van der Waals surface area (Å²) in [7, 11) is 0. The molecule has 2 saturated carbocycles. The maximum Gasteiger partial charge on any atom is 0.156 e. The molecule has 0 aromatic carbocycles. The number of fused-ring (bicyclic) bond motifs is 5. The molecule has 1 nitrogen and oxygen atoms in total. The van der Waals surface area contributed by atoms with E-state index in [1.54, 1.807) is 0 Å². The molecule has 0 bridgehead atoms. The molecule has 0 spiro atoms. The van der Waals surface area contributed by atoms with Crippen molar-refractivity contribution in [2.75, 3.05) is 0 Å². The molecule has 0 radical (unpaired) electrons. The van der Waals surface area contributed by atoms with Gasteiger partial charge in [0.15, 0.2) is 5.78 Å². The second-order valence-corrected chi connectivity index (χ2v) is 8.75.